The van der Waals surface area contributed by atoms with E-state index in [-0.39, 0.29) is 51.0 Å². The van der Waals surface area contributed by atoms with E-state index < -0.39 is 0 Å². The molecule has 0 fully saturated rings. The maximum atomic E-state index is 2.38. The minimum atomic E-state index is 0. The number of halogens is 2. The topological polar surface area (TPSA) is 0 Å². The average molecular weight is 475 g/mol. The van der Waals surface area contributed by atoms with E-state index in [0.29, 0.717) is 3.63 Å². The van der Waals surface area contributed by atoms with Gasteiger partial charge in [0, 0.05) is 26.2 Å². The van der Waals surface area contributed by atoms with Crippen LogP contribution >= 0.6 is 24.8 Å². The van der Waals surface area contributed by atoms with Crippen LogP contribution in [0.1, 0.15) is 27.2 Å². The van der Waals surface area contributed by atoms with Gasteiger partial charge in [0.05, 0.1) is 0 Å². The molecule has 0 saturated carbocycles. The Balaban J connectivity index is 0.00000133. The number of hydrogen-bond donors (Lipinski definition) is 0. The number of rotatable bonds is 1. The Morgan fingerprint density at radius 2 is 1.52 bits per heavy atom. The van der Waals surface area contributed by atoms with Gasteiger partial charge in [-0.05, 0) is 0 Å². The normalized spacial score (nSPS) is 14.9. The van der Waals surface area contributed by atoms with Crippen molar-refractivity contribution >= 4 is 30.9 Å². The summed E-state index contributed by atoms with van der Waals surface area (Å²) in [6.45, 7) is 4.49. The molecule has 0 aliphatic heterocycles. The molecule has 0 amide bonds. The van der Waals surface area contributed by atoms with Crippen molar-refractivity contribution in [1.29, 1.82) is 0 Å². The van der Waals surface area contributed by atoms with Gasteiger partial charge in [-0.15, -0.1) is 24.8 Å². The fourth-order valence-electron chi connectivity index (χ4n) is 2.69. The van der Waals surface area contributed by atoms with E-state index in [9.17, 15) is 0 Å². The molecule has 0 saturated heterocycles. The molecular formula is C17H17Cl2Zr2. The summed E-state index contributed by atoms with van der Waals surface area (Å²) in [6.07, 6.45) is 2.38. The Labute approximate surface area is 173 Å². The third-order valence-corrected chi connectivity index (χ3v) is 5.53. The fourth-order valence-corrected chi connectivity index (χ4v) is 3.84. The fraction of sp³-hybridized carbons (Fsp3) is 0.176. The van der Waals surface area contributed by atoms with Crippen molar-refractivity contribution in [2.24, 2.45) is 0 Å². The van der Waals surface area contributed by atoms with Crippen LogP contribution in [-0.2, 0) is 50.9 Å². The van der Waals surface area contributed by atoms with Gasteiger partial charge in [-0.2, -0.15) is 0 Å². The predicted octanol–water partition coefficient (Wildman–Crippen LogP) is 5.51. The van der Waals surface area contributed by atoms with E-state index >= 15 is 0 Å². The van der Waals surface area contributed by atoms with Crippen LogP contribution in [0.5, 0.6) is 0 Å². The van der Waals surface area contributed by atoms with Crippen molar-refractivity contribution in [3.63, 3.8) is 0 Å². The molecule has 3 rings (SSSR count). The molecule has 1 aliphatic rings. The van der Waals surface area contributed by atoms with E-state index in [4.69, 9.17) is 0 Å². The predicted molar refractivity (Wildman–Crippen MR) is 87.5 cm³/mol. The molecule has 2 aromatic carbocycles. The number of allylic oxidation sites excluding steroid dienone is 1. The minimum absolute atomic E-state index is 0. The Bertz CT molecular complexity index is 637. The quantitative estimate of drug-likeness (QED) is 0.511. The van der Waals surface area contributed by atoms with Crippen LogP contribution in [0.25, 0.3) is 17.2 Å². The van der Waals surface area contributed by atoms with Gasteiger partial charge in [0.2, 0.25) is 0 Å². The van der Waals surface area contributed by atoms with Crippen molar-refractivity contribution < 1.29 is 50.9 Å². The van der Waals surface area contributed by atoms with E-state index in [1.165, 1.54) is 27.8 Å². The van der Waals surface area contributed by atoms with Crippen LogP contribution in [0.15, 0.2) is 48.0 Å². The molecule has 0 heterocycles. The van der Waals surface area contributed by atoms with Gasteiger partial charge >= 0.3 is 124 Å². The Morgan fingerprint density at radius 1 is 0.905 bits per heavy atom. The van der Waals surface area contributed by atoms with E-state index in [0.717, 1.165) is 0 Å². The van der Waals surface area contributed by atoms with Gasteiger partial charge < -0.3 is 0 Å². The Morgan fingerprint density at radius 3 is 2.14 bits per heavy atom. The number of hydrogen-bond acceptors (Lipinski definition) is 0. The zero-order chi connectivity index (χ0) is 12.7. The van der Waals surface area contributed by atoms with Gasteiger partial charge in [0.1, 0.15) is 0 Å². The monoisotopic (exact) mass is 471 g/mol. The molecule has 0 radical (unpaired) electrons. The van der Waals surface area contributed by atoms with Crippen molar-refractivity contribution in [2.45, 2.75) is 17.5 Å². The first-order valence-electron chi connectivity index (χ1n) is 6.26. The summed E-state index contributed by atoms with van der Waals surface area (Å²) in [4.78, 5) is 0. The molecule has 0 aromatic heterocycles. The van der Waals surface area contributed by atoms with Crippen molar-refractivity contribution in [3.05, 3.63) is 64.7 Å². The smallest absolute Gasteiger partial charge is 0 e. The first-order chi connectivity index (χ1) is 8.68. The molecule has 21 heavy (non-hydrogen) atoms. The summed E-state index contributed by atoms with van der Waals surface area (Å²) in [7, 11) is 0. The molecular weight excluding hydrogens is 458 g/mol. The standard InChI is InChI=1S/C17H15.2ClH.2Zr/c1-12-10-16-13(2)8-9-15(17(16)11-12)14-6-4-3-5-7-14;;;;/h3-11H,1-2H3;2*1H;;. The van der Waals surface area contributed by atoms with Crippen LogP contribution in [0.3, 0.4) is 0 Å². The van der Waals surface area contributed by atoms with E-state index in [2.05, 4.69) is 62.4 Å². The molecule has 0 N–H and O–H groups in total. The van der Waals surface area contributed by atoms with Crippen LogP contribution in [-0.4, -0.2) is 0 Å². The molecule has 0 nitrogen and oxygen atoms in total. The molecule has 0 bridgehead atoms. The van der Waals surface area contributed by atoms with Gasteiger partial charge in [-0.3, -0.25) is 0 Å². The summed E-state index contributed by atoms with van der Waals surface area (Å²) in [5.41, 5.74) is 8.63. The SMILES string of the molecule is CC1=Cc2c(-c3ccccc3)ccc(C)c2[CH]1[Zr].Cl.Cl.[Zr]. The molecule has 1 aliphatic carbocycles. The van der Waals surface area contributed by atoms with E-state index in [1.54, 1.807) is 30.3 Å². The summed E-state index contributed by atoms with van der Waals surface area (Å²) in [5, 5.41) is 0. The molecule has 0 spiro atoms. The molecule has 4 heteroatoms. The zero-order valence-electron chi connectivity index (χ0n) is 12.0. The van der Waals surface area contributed by atoms with Crippen LogP contribution < -0.4 is 0 Å². The maximum Gasteiger partial charge on any atom is 0 e. The van der Waals surface area contributed by atoms with Crippen LogP contribution in [0.2, 0.25) is 0 Å². The van der Waals surface area contributed by atoms with Gasteiger partial charge in [0.15, 0.2) is 0 Å². The summed E-state index contributed by atoms with van der Waals surface area (Å²) < 4.78 is 0.649. The van der Waals surface area contributed by atoms with Crippen LogP contribution in [0, 0.1) is 6.92 Å². The van der Waals surface area contributed by atoms with Crippen molar-refractivity contribution in [2.75, 3.05) is 0 Å². The number of benzene rings is 2. The first-order valence-corrected chi connectivity index (χ1v) is 7.68. The van der Waals surface area contributed by atoms with Gasteiger partial charge in [-0.1, -0.05) is 0 Å². The molecule has 1 atom stereocenters. The Kier molecular flexibility index (Phi) is 9.20. The van der Waals surface area contributed by atoms with Crippen molar-refractivity contribution in [3.8, 4) is 11.1 Å². The minimum Gasteiger partial charge on any atom is -0.147 e. The first kappa shape index (κ1) is 21.5. The maximum absolute atomic E-state index is 2.38. The van der Waals surface area contributed by atoms with Gasteiger partial charge in [-0.25, -0.2) is 0 Å². The Hall–Kier alpha value is 0.526. The van der Waals surface area contributed by atoms with Crippen molar-refractivity contribution in [1.82, 2.24) is 0 Å². The summed E-state index contributed by atoms with van der Waals surface area (Å²) >= 11 is 1.59. The average Bonchev–Trinajstić information content (AvgIpc) is 2.68. The largest absolute Gasteiger partial charge is 0.147 e. The second kappa shape index (κ2) is 8.98. The van der Waals surface area contributed by atoms with Crippen LogP contribution in [0.4, 0.5) is 0 Å². The molecule has 107 valence electrons. The molecule has 1 unspecified atom stereocenters. The third kappa shape index (κ3) is 4.09. The van der Waals surface area contributed by atoms with E-state index in [1.807, 2.05) is 0 Å². The number of aryl methyl sites for hydroxylation is 1. The molecule has 2 aromatic rings. The third-order valence-electron chi connectivity index (χ3n) is 3.71. The second-order valence-corrected chi connectivity index (χ2v) is 6.36. The summed E-state index contributed by atoms with van der Waals surface area (Å²) in [6, 6.07) is 15.2. The zero-order valence-corrected chi connectivity index (χ0v) is 18.6. The summed E-state index contributed by atoms with van der Waals surface area (Å²) in [5.74, 6) is 0. The number of fused-ring (bicyclic) bond motifs is 1. The van der Waals surface area contributed by atoms with Gasteiger partial charge in [0.25, 0.3) is 0 Å². The second-order valence-electron chi connectivity index (χ2n) is 4.94.